The molecule has 0 saturated carbocycles. The van der Waals surface area contributed by atoms with Crippen LogP contribution in [0, 0.1) is 5.82 Å². The number of alkyl halides is 3. The SMILES string of the molecule is CNC(C)(c1ccc([C@]2(S(=O)(=O)c3ccc(F)cc3)CCNC2)cc1)C(F)(F)F. The molecule has 0 bridgehead atoms. The zero-order valence-corrected chi connectivity index (χ0v) is 16.8. The number of nitrogens with one attached hydrogen (secondary N) is 2. The smallest absolute Gasteiger partial charge is 0.315 e. The maximum atomic E-state index is 13.5. The summed E-state index contributed by atoms with van der Waals surface area (Å²) in [6.07, 6.45) is -4.27. The van der Waals surface area contributed by atoms with E-state index in [0.29, 0.717) is 12.1 Å². The van der Waals surface area contributed by atoms with Crippen molar-refractivity contribution in [2.75, 3.05) is 20.1 Å². The summed E-state index contributed by atoms with van der Waals surface area (Å²) in [7, 11) is -2.69. The zero-order valence-electron chi connectivity index (χ0n) is 16.0. The maximum absolute atomic E-state index is 13.5. The van der Waals surface area contributed by atoms with E-state index in [1.807, 2.05) is 0 Å². The van der Waals surface area contributed by atoms with Crippen LogP contribution in [0.5, 0.6) is 0 Å². The third-order valence-electron chi connectivity index (χ3n) is 5.81. The molecule has 1 aliphatic heterocycles. The van der Waals surface area contributed by atoms with Crippen LogP contribution >= 0.6 is 0 Å². The van der Waals surface area contributed by atoms with Crippen molar-refractivity contribution in [2.45, 2.75) is 34.7 Å². The fourth-order valence-electron chi connectivity index (χ4n) is 3.70. The van der Waals surface area contributed by atoms with Gasteiger partial charge in [0, 0.05) is 6.54 Å². The summed E-state index contributed by atoms with van der Waals surface area (Å²) in [5.41, 5.74) is -1.88. The summed E-state index contributed by atoms with van der Waals surface area (Å²) < 4.78 is 79.3. The maximum Gasteiger partial charge on any atom is 0.410 e. The molecule has 4 nitrogen and oxygen atoms in total. The third-order valence-corrected chi connectivity index (χ3v) is 8.32. The van der Waals surface area contributed by atoms with Crippen molar-refractivity contribution in [1.82, 2.24) is 10.6 Å². The van der Waals surface area contributed by atoms with Gasteiger partial charge in [0.1, 0.15) is 16.1 Å². The molecule has 1 aliphatic rings. The largest absolute Gasteiger partial charge is 0.410 e. The van der Waals surface area contributed by atoms with E-state index < -0.39 is 32.1 Å². The van der Waals surface area contributed by atoms with Crippen molar-refractivity contribution >= 4 is 9.84 Å². The standard InChI is InChI=1S/C20H22F4N2O2S/c1-18(25-2,20(22,23)24)14-3-5-15(6-4-14)19(11-12-26-13-19)29(27,28)17-9-7-16(21)8-10-17/h3-10,25-26H,11-13H2,1-2H3/t18?,19-/m0/s1. The average Bonchev–Trinajstić information content (AvgIpc) is 3.19. The molecular weight excluding hydrogens is 408 g/mol. The Morgan fingerprint density at radius 2 is 1.62 bits per heavy atom. The first-order valence-electron chi connectivity index (χ1n) is 9.05. The molecule has 1 fully saturated rings. The second-order valence-electron chi connectivity index (χ2n) is 7.33. The Labute approximate surface area is 167 Å². The Balaban J connectivity index is 2.08. The van der Waals surface area contributed by atoms with Crippen LogP contribution in [0.3, 0.4) is 0 Å². The molecule has 0 amide bonds. The topological polar surface area (TPSA) is 58.2 Å². The minimum Gasteiger partial charge on any atom is -0.315 e. The Morgan fingerprint density at radius 3 is 2.07 bits per heavy atom. The monoisotopic (exact) mass is 430 g/mol. The van der Waals surface area contributed by atoms with Crippen LogP contribution in [0.4, 0.5) is 17.6 Å². The summed E-state index contributed by atoms with van der Waals surface area (Å²) in [4.78, 5) is -0.0259. The van der Waals surface area contributed by atoms with Crippen molar-refractivity contribution in [3.63, 3.8) is 0 Å². The second kappa shape index (κ2) is 7.37. The molecule has 1 heterocycles. The number of halogens is 4. The Morgan fingerprint density at radius 1 is 1.03 bits per heavy atom. The van der Waals surface area contributed by atoms with Crippen molar-refractivity contribution < 1.29 is 26.0 Å². The van der Waals surface area contributed by atoms with Gasteiger partial charge in [0.2, 0.25) is 0 Å². The van der Waals surface area contributed by atoms with Crippen molar-refractivity contribution in [2.24, 2.45) is 0 Å². The van der Waals surface area contributed by atoms with Gasteiger partial charge in [-0.05, 0) is 62.3 Å². The highest BCUT2D eigenvalue weighted by molar-refractivity contribution is 7.92. The summed E-state index contributed by atoms with van der Waals surface area (Å²) >= 11 is 0. The molecule has 158 valence electrons. The van der Waals surface area contributed by atoms with Crippen LogP contribution in [0.15, 0.2) is 53.4 Å². The Bertz CT molecular complexity index is 967. The molecule has 2 aromatic rings. The average molecular weight is 430 g/mol. The molecule has 0 aliphatic carbocycles. The van der Waals surface area contributed by atoms with Crippen LogP contribution in [-0.4, -0.2) is 34.7 Å². The van der Waals surface area contributed by atoms with E-state index in [0.717, 1.165) is 19.1 Å². The Kier molecular flexibility index (Phi) is 5.53. The van der Waals surface area contributed by atoms with Gasteiger partial charge < -0.3 is 10.6 Å². The minimum absolute atomic E-state index is 0.0171. The van der Waals surface area contributed by atoms with E-state index in [-0.39, 0.29) is 23.4 Å². The number of benzene rings is 2. The molecule has 1 saturated heterocycles. The fraction of sp³-hybridized carbons (Fsp3) is 0.400. The van der Waals surface area contributed by atoms with E-state index in [1.165, 1.54) is 43.4 Å². The third kappa shape index (κ3) is 3.45. The number of hydrogen-bond donors (Lipinski definition) is 2. The molecule has 2 atom stereocenters. The molecule has 0 aromatic heterocycles. The van der Waals surface area contributed by atoms with Gasteiger partial charge in [0.25, 0.3) is 0 Å². The van der Waals surface area contributed by atoms with Crippen LogP contribution < -0.4 is 10.6 Å². The Hall–Kier alpha value is -1.97. The molecule has 9 heteroatoms. The van der Waals surface area contributed by atoms with Gasteiger partial charge in [-0.3, -0.25) is 0 Å². The fourth-order valence-corrected chi connectivity index (χ4v) is 5.75. The summed E-state index contributed by atoms with van der Waals surface area (Å²) in [6, 6.07) is 10.1. The van der Waals surface area contributed by atoms with Crippen LogP contribution in [0.2, 0.25) is 0 Å². The summed E-state index contributed by atoms with van der Waals surface area (Å²) in [5.74, 6) is -0.551. The molecule has 2 aromatic carbocycles. The molecular formula is C20H22F4N2O2S. The highest BCUT2D eigenvalue weighted by Gasteiger charge is 2.52. The lowest BCUT2D eigenvalue weighted by atomic mass is 9.88. The van der Waals surface area contributed by atoms with E-state index in [4.69, 9.17) is 0 Å². The molecule has 1 unspecified atom stereocenters. The molecule has 2 N–H and O–H groups in total. The molecule has 3 rings (SSSR count). The molecule has 0 spiro atoms. The van der Waals surface area contributed by atoms with Crippen molar-refractivity contribution in [1.29, 1.82) is 0 Å². The second-order valence-corrected chi connectivity index (χ2v) is 9.59. The van der Waals surface area contributed by atoms with Gasteiger partial charge in [0.15, 0.2) is 9.84 Å². The number of rotatable bonds is 5. The van der Waals surface area contributed by atoms with Gasteiger partial charge in [-0.2, -0.15) is 13.2 Å². The van der Waals surface area contributed by atoms with E-state index in [9.17, 15) is 26.0 Å². The van der Waals surface area contributed by atoms with Crippen LogP contribution in [-0.2, 0) is 20.1 Å². The van der Waals surface area contributed by atoms with Gasteiger partial charge >= 0.3 is 6.18 Å². The van der Waals surface area contributed by atoms with Gasteiger partial charge in [-0.15, -0.1) is 0 Å². The van der Waals surface area contributed by atoms with Gasteiger partial charge in [0.05, 0.1) is 4.90 Å². The van der Waals surface area contributed by atoms with Crippen molar-refractivity contribution in [3.05, 3.63) is 65.5 Å². The first-order chi connectivity index (χ1) is 13.5. The predicted octanol–water partition coefficient (Wildman–Crippen LogP) is 3.49. The number of hydrogen-bond acceptors (Lipinski definition) is 4. The van der Waals surface area contributed by atoms with Crippen molar-refractivity contribution in [3.8, 4) is 0 Å². The van der Waals surface area contributed by atoms with E-state index >= 15 is 0 Å². The van der Waals surface area contributed by atoms with Crippen LogP contribution in [0.1, 0.15) is 24.5 Å². The van der Waals surface area contributed by atoms with Gasteiger partial charge in [-0.25, -0.2) is 12.8 Å². The zero-order chi connectivity index (χ0) is 21.5. The lowest BCUT2D eigenvalue weighted by molar-refractivity contribution is -0.193. The summed E-state index contributed by atoms with van der Waals surface area (Å²) in [6.45, 7) is 1.59. The first-order valence-corrected chi connectivity index (χ1v) is 10.5. The predicted molar refractivity (Wildman–Crippen MR) is 102 cm³/mol. The first kappa shape index (κ1) is 21.7. The minimum atomic E-state index is -4.53. The lowest BCUT2D eigenvalue weighted by Crippen LogP contribution is -2.50. The van der Waals surface area contributed by atoms with E-state index in [2.05, 4.69) is 10.6 Å². The van der Waals surface area contributed by atoms with Gasteiger partial charge in [-0.1, -0.05) is 24.3 Å². The van der Waals surface area contributed by atoms with E-state index in [1.54, 1.807) is 0 Å². The quantitative estimate of drug-likeness (QED) is 0.563. The highest BCUT2D eigenvalue weighted by atomic mass is 32.2. The highest BCUT2D eigenvalue weighted by Crippen LogP contribution is 2.43. The summed E-state index contributed by atoms with van der Waals surface area (Å²) in [5, 5.41) is 5.34. The molecule has 29 heavy (non-hydrogen) atoms. The lowest BCUT2D eigenvalue weighted by Gasteiger charge is -2.33. The normalized spacial score (nSPS) is 22.4. The van der Waals surface area contributed by atoms with Crippen LogP contribution in [0.25, 0.3) is 0 Å². The molecule has 0 radical (unpaired) electrons. The number of sulfone groups is 1.